The van der Waals surface area contributed by atoms with Crippen LogP contribution in [0.3, 0.4) is 0 Å². The summed E-state index contributed by atoms with van der Waals surface area (Å²) in [7, 11) is 0. The fraction of sp³-hybridized carbons (Fsp3) is 0.737. The Morgan fingerprint density at radius 3 is 1.90 bits per heavy atom. The highest BCUT2D eigenvalue weighted by Gasteiger charge is 2.31. The predicted octanol–water partition coefficient (Wildman–Crippen LogP) is -1.06. The first-order valence-corrected chi connectivity index (χ1v) is 11.5. The standard InChI is InChI=1S/C19H35N5O6S/c1-5-10(2)15(19(29)30)24-18(28)13(8-9-31-4)23-17(27)12(6-7-14(21)25)22-16(26)11(3)20/h10-13,15H,5-9,20H2,1-4H3,(H2,21,25)(H,22,26)(H,23,27)(H,24,28)(H,29,30). The van der Waals surface area contributed by atoms with Crippen molar-refractivity contribution < 1.29 is 29.1 Å². The number of carbonyl (C=O) groups excluding carboxylic acids is 4. The average molecular weight is 462 g/mol. The van der Waals surface area contributed by atoms with Crippen molar-refractivity contribution in [2.24, 2.45) is 17.4 Å². The SMILES string of the molecule is CCC(C)C(NC(=O)C(CCSC)NC(=O)C(CCC(N)=O)NC(=O)C(C)N)C(=O)O. The summed E-state index contributed by atoms with van der Waals surface area (Å²) in [4.78, 5) is 60.1. The number of rotatable bonds is 15. The van der Waals surface area contributed by atoms with Crippen LogP contribution in [0, 0.1) is 5.92 Å². The van der Waals surface area contributed by atoms with Crippen LogP contribution in [0.5, 0.6) is 0 Å². The summed E-state index contributed by atoms with van der Waals surface area (Å²) in [5, 5.41) is 16.9. The van der Waals surface area contributed by atoms with E-state index < -0.39 is 53.8 Å². The molecule has 0 aromatic rings. The molecular weight excluding hydrogens is 426 g/mol. The molecule has 0 spiro atoms. The molecule has 5 unspecified atom stereocenters. The second-order valence-corrected chi connectivity index (χ2v) is 8.39. The monoisotopic (exact) mass is 461 g/mol. The number of nitrogens with two attached hydrogens (primary N) is 2. The molecule has 4 amide bonds. The number of aliphatic carboxylic acids is 1. The van der Waals surface area contributed by atoms with Crippen molar-refractivity contribution in [3.05, 3.63) is 0 Å². The van der Waals surface area contributed by atoms with Gasteiger partial charge in [0, 0.05) is 6.42 Å². The number of thioether (sulfide) groups is 1. The lowest BCUT2D eigenvalue weighted by atomic mass is 9.98. The van der Waals surface area contributed by atoms with Gasteiger partial charge in [0.25, 0.3) is 0 Å². The Kier molecular flexibility index (Phi) is 13.5. The number of primary amides is 1. The lowest BCUT2D eigenvalue weighted by Gasteiger charge is -2.26. The topological polar surface area (TPSA) is 194 Å². The van der Waals surface area contributed by atoms with Gasteiger partial charge in [-0.3, -0.25) is 19.2 Å². The fourth-order valence-corrected chi connectivity index (χ4v) is 3.04. The molecule has 12 heteroatoms. The predicted molar refractivity (Wildman–Crippen MR) is 118 cm³/mol. The van der Waals surface area contributed by atoms with Crippen LogP contribution in [-0.2, 0) is 24.0 Å². The summed E-state index contributed by atoms with van der Waals surface area (Å²) in [6.45, 7) is 4.95. The molecule has 0 aromatic heterocycles. The third kappa shape index (κ3) is 11.0. The third-order valence-corrected chi connectivity index (χ3v) is 5.39. The van der Waals surface area contributed by atoms with Crippen molar-refractivity contribution in [3.63, 3.8) is 0 Å². The molecule has 0 aliphatic heterocycles. The molecule has 31 heavy (non-hydrogen) atoms. The van der Waals surface area contributed by atoms with E-state index in [1.807, 2.05) is 13.2 Å². The minimum absolute atomic E-state index is 0.0683. The Hall–Kier alpha value is -2.34. The van der Waals surface area contributed by atoms with E-state index >= 15 is 0 Å². The number of carbonyl (C=O) groups is 5. The van der Waals surface area contributed by atoms with E-state index in [0.717, 1.165) is 0 Å². The lowest BCUT2D eigenvalue weighted by Crippen LogP contribution is -2.57. The first kappa shape index (κ1) is 28.7. The van der Waals surface area contributed by atoms with Gasteiger partial charge < -0.3 is 32.5 Å². The van der Waals surface area contributed by atoms with Crippen LogP contribution in [0.25, 0.3) is 0 Å². The van der Waals surface area contributed by atoms with Crippen LogP contribution in [-0.4, -0.2) is 70.9 Å². The minimum atomic E-state index is -1.17. The van der Waals surface area contributed by atoms with E-state index in [-0.39, 0.29) is 25.2 Å². The molecule has 0 heterocycles. The van der Waals surface area contributed by atoms with E-state index in [9.17, 15) is 29.1 Å². The molecule has 0 saturated heterocycles. The summed E-state index contributed by atoms with van der Waals surface area (Å²) < 4.78 is 0. The first-order chi connectivity index (χ1) is 14.4. The second-order valence-electron chi connectivity index (χ2n) is 7.41. The third-order valence-electron chi connectivity index (χ3n) is 4.75. The second kappa shape index (κ2) is 14.6. The maximum absolute atomic E-state index is 12.8. The van der Waals surface area contributed by atoms with Crippen molar-refractivity contribution in [1.29, 1.82) is 0 Å². The van der Waals surface area contributed by atoms with Crippen LogP contribution in [0.15, 0.2) is 0 Å². The molecular formula is C19H35N5O6S. The first-order valence-electron chi connectivity index (χ1n) is 10.1. The van der Waals surface area contributed by atoms with Crippen molar-refractivity contribution in [2.45, 2.75) is 70.6 Å². The van der Waals surface area contributed by atoms with Gasteiger partial charge in [-0.05, 0) is 37.7 Å². The molecule has 178 valence electrons. The molecule has 0 saturated carbocycles. The normalized spacial score (nSPS) is 15.6. The summed E-state index contributed by atoms with van der Waals surface area (Å²) in [6, 6.07) is -4.13. The van der Waals surface area contributed by atoms with Gasteiger partial charge >= 0.3 is 5.97 Å². The maximum atomic E-state index is 12.8. The molecule has 0 aliphatic carbocycles. The van der Waals surface area contributed by atoms with E-state index in [0.29, 0.717) is 12.2 Å². The highest BCUT2D eigenvalue weighted by atomic mass is 32.2. The summed E-state index contributed by atoms with van der Waals surface area (Å²) in [6.07, 6.45) is 2.39. The van der Waals surface area contributed by atoms with Crippen molar-refractivity contribution in [2.75, 3.05) is 12.0 Å². The van der Waals surface area contributed by atoms with Gasteiger partial charge in [0.1, 0.15) is 18.1 Å². The molecule has 0 rings (SSSR count). The quantitative estimate of drug-likeness (QED) is 0.177. The van der Waals surface area contributed by atoms with Crippen LogP contribution in [0.1, 0.15) is 46.5 Å². The summed E-state index contributed by atoms with van der Waals surface area (Å²) >= 11 is 1.45. The zero-order chi connectivity index (χ0) is 24.1. The number of carboxylic acid groups (broad SMARTS) is 1. The highest BCUT2D eigenvalue weighted by Crippen LogP contribution is 2.10. The number of hydrogen-bond donors (Lipinski definition) is 6. The molecule has 0 radical (unpaired) electrons. The Morgan fingerprint density at radius 1 is 0.935 bits per heavy atom. The minimum Gasteiger partial charge on any atom is -0.480 e. The number of hydrogen-bond acceptors (Lipinski definition) is 7. The molecule has 0 aromatic carbocycles. The summed E-state index contributed by atoms with van der Waals surface area (Å²) in [5.41, 5.74) is 10.7. The zero-order valence-electron chi connectivity index (χ0n) is 18.5. The largest absolute Gasteiger partial charge is 0.480 e. The van der Waals surface area contributed by atoms with Crippen molar-refractivity contribution in [1.82, 2.24) is 16.0 Å². The van der Waals surface area contributed by atoms with Crippen LogP contribution < -0.4 is 27.4 Å². The Labute approximate surface area is 186 Å². The van der Waals surface area contributed by atoms with Gasteiger partial charge in [-0.1, -0.05) is 20.3 Å². The Bertz CT molecular complexity index is 645. The zero-order valence-corrected chi connectivity index (χ0v) is 19.3. The van der Waals surface area contributed by atoms with Gasteiger partial charge in [-0.25, -0.2) is 4.79 Å². The average Bonchev–Trinajstić information content (AvgIpc) is 2.70. The maximum Gasteiger partial charge on any atom is 0.326 e. The van der Waals surface area contributed by atoms with Gasteiger partial charge in [0.05, 0.1) is 6.04 Å². The Balaban J connectivity index is 5.46. The summed E-state index contributed by atoms with van der Waals surface area (Å²) in [5.74, 6) is -3.53. The smallest absolute Gasteiger partial charge is 0.326 e. The van der Waals surface area contributed by atoms with Gasteiger partial charge in [-0.15, -0.1) is 0 Å². The fourth-order valence-electron chi connectivity index (χ4n) is 2.57. The molecule has 11 nitrogen and oxygen atoms in total. The van der Waals surface area contributed by atoms with Gasteiger partial charge in [-0.2, -0.15) is 11.8 Å². The Morgan fingerprint density at radius 2 is 1.45 bits per heavy atom. The highest BCUT2D eigenvalue weighted by molar-refractivity contribution is 7.98. The van der Waals surface area contributed by atoms with Crippen LogP contribution in [0.4, 0.5) is 0 Å². The van der Waals surface area contributed by atoms with Crippen molar-refractivity contribution in [3.8, 4) is 0 Å². The molecule has 0 bridgehead atoms. The molecule has 0 aliphatic rings. The van der Waals surface area contributed by atoms with Gasteiger partial charge in [0.2, 0.25) is 23.6 Å². The van der Waals surface area contributed by atoms with Gasteiger partial charge in [0.15, 0.2) is 0 Å². The number of carboxylic acids is 1. The van der Waals surface area contributed by atoms with Crippen molar-refractivity contribution >= 4 is 41.4 Å². The molecule has 5 atom stereocenters. The van der Waals surface area contributed by atoms with E-state index in [1.54, 1.807) is 6.92 Å². The van der Waals surface area contributed by atoms with E-state index in [4.69, 9.17) is 11.5 Å². The van der Waals surface area contributed by atoms with E-state index in [1.165, 1.54) is 18.7 Å². The number of nitrogens with one attached hydrogen (secondary N) is 3. The molecule has 8 N–H and O–H groups in total. The van der Waals surface area contributed by atoms with Crippen LogP contribution >= 0.6 is 11.8 Å². The molecule has 0 fully saturated rings. The van der Waals surface area contributed by atoms with E-state index in [2.05, 4.69) is 16.0 Å². The van der Waals surface area contributed by atoms with Crippen LogP contribution in [0.2, 0.25) is 0 Å². The lowest BCUT2D eigenvalue weighted by molar-refractivity contribution is -0.143. The number of amides is 4.